The van der Waals surface area contributed by atoms with Crippen molar-refractivity contribution in [1.29, 1.82) is 0 Å². The van der Waals surface area contributed by atoms with E-state index in [2.05, 4.69) is 15.6 Å². The van der Waals surface area contributed by atoms with Gasteiger partial charge >= 0.3 is 6.03 Å². The smallest absolute Gasteiger partial charge is 0.322 e. The van der Waals surface area contributed by atoms with Gasteiger partial charge in [-0.15, -0.1) is 0 Å². The Labute approximate surface area is 156 Å². The van der Waals surface area contributed by atoms with E-state index in [0.717, 1.165) is 6.20 Å². The fourth-order valence-electron chi connectivity index (χ4n) is 2.59. The molecule has 27 heavy (non-hydrogen) atoms. The highest BCUT2D eigenvalue weighted by Crippen LogP contribution is 2.23. The zero-order chi connectivity index (χ0) is 19.6. The lowest BCUT2D eigenvalue weighted by Crippen LogP contribution is -2.33. The zero-order valence-corrected chi connectivity index (χ0v) is 15.1. The number of nitrogens with zero attached hydrogens (tertiary/aromatic N) is 2. The third-order valence-corrected chi connectivity index (χ3v) is 4.42. The highest BCUT2D eigenvalue weighted by atomic mass is 19.1. The average molecular weight is 372 g/mol. The number of aliphatic hydroxyl groups is 1. The number of carbonyl (C=O) groups is 2. The van der Waals surface area contributed by atoms with Gasteiger partial charge in [-0.25, -0.2) is 9.18 Å². The van der Waals surface area contributed by atoms with Crippen LogP contribution in [-0.2, 0) is 17.9 Å². The van der Waals surface area contributed by atoms with E-state index in [0.29, 0.717) is 35.7 Å². The van der Waals surface area contributed by atoms with Gasteiger partial charge in [0.1, 0.15) is 5.82 Å². The second-order valence-electron chi connectivity index (χ2n) is 7.12. The molecule has 0 spiro atoms. The number of urea groups is 1. The molecule has 2 heterocycles. The summed E-state index contributed by atoms with van der Waals surface area (Å²) in [5.74, 6) is -0.714. The highest BCUT2D eigenvalue weighted by molar-refractivity contribution is 5.95. The third-order valence-electron chi connectivity index (χ3n) is 4.42. The number of amides is 3. The molecule has 142 valence electrons. The molecule has 1 aliphatic rings. The summed E-state index contributed by atoms with van der Waals surface area (Å²) >= 11 is 0. The Hall–Kier alpha value is -3.00. The monoisotopic (exact) mass is 372 g/mol. The fraction of sp³-hybridized carbons (Fsp3) is 0.316. The van der Waals surface area contributed by atoms with Gasteiger partial charge in [-0.1, -0.05) is 0 Å². The summed E-state index contributed by atoms with van der Waals surface area (Å²) < 4.78 is 13.2. The summed E-state index contributed by atoms with van der Waals surface area (Å²) in [5, 5.41) is 14.7. The molecule has 0 atom stereocenters. The van der Waals surface area contributed by atoms with Crippen molar-refractivity contribution in [3.8, 4) is 0 Å². The van der Waals surface area contributed by atoms with E-state index < -0.39 is 11.2 Å². The first-order chi connectivity index (χ1) is 12.8. The Balaban J connectivity index is 1.59. The molecule has 0 radical (unpaired) electrons. The van der Waals surface area contributed by atoms with E-state index in [1.54, 1.807) is 38.1 Å². The lowest BCUT2D eigenvalue weighted by molar-refractivity contribution is -0.125. The molecule has 3 amide bonds. The third kappa shape index (κ3) is 4.22. The van der Waals surface area contributed by atoms with Crippen molar-refractivity contribution in [2.45, 2.75) is 26.9 Å². The van der Waals surface area contributed by atoms with E-state index in [9.17, 15) is 19.1 Å². The van der Waals surface area contributed by atoms with Crippen LogP contribution in [0.25, 0.3) is 0 Å². The molecule has 0 aliphatic carbocycles. The van der Waals surface area contributed by atoms with Crippen LogP contribution in [-0.4, -0.2) is 33.5 Å². The van der Waals surface area contributed by atoms with Crippen LogP contribution >= 0.6 is 0 Å². The molecule has 0 fully saturated rings. The molecular formula is C19H21FN4O3. The van der Waals surface area contributed by atoms with Gasteiger partial charge in [0.25, 0.3) is 0 Å². The van der Waals surface area contributed by atoms with E-state index in [4.69, 9.17) is 0 Å². The number of aromatic nitrogens is 1. The van der Waals surface area contributed by atoms with Crippen LogP contribution in [0.3, 0.4) is 0 Å². The van der Waals surface area contributed by atoms with E-state index in [-0.39, 0.29) is 18.5 Å². The summed E-state index contributed by atoms with van der Waals surface area (Å²) in [4.78, 5) is 30.0. The Morgan fingerprint density at radius 3 is 2.44 bits per heavy atom. The second-order valence-corrected chi connectivity index (χ2v) is 7.12. The summed E-state index contributed by atoms with van der Waals surface area (Å²) in [6.07, 6.45) is 1.14. The second kappa shape index (κ2) is 7.32. The van der Waals surface area contributed by atoms with Gasteiger partial charge in [0.2, 0.25) is 5.91 Å². The van der Waals surface area contributed by atoms with Crippen LogP contribution in [0.5, 0.6) is 0 Å². The highest BCUT2D eigenvalue weighted by Gasteiger charge is 2.27. The van der Waals surface area contributed by atoms with Crippen LogP contribution < -0.4 is 10.6 Å². The largest absolute Gasteiger partial charge is 0.395 e. The number of hydrogen-bond acceptors (Lipinski definition) is 4. The molecule has 1 aromatic carbocycles. The normalized spacial score (nSPS) is 13.3. The lowest BCUT2D eigenvalue weighted by Gasteiger charge is -2.20. The van der Waals surface area contributed by atoms with Gasteiger partial charge in [0.15, 0.2) is 0 Å². The standard InChI is InChI=1S/C19H21FN4O3/c1-19(2,11-25)17(26)22-14-3-5-15(6-4-14)23-18(27)24-9-12-7-13(20)8-21-16(12)10-24/h3-8,25H,9-11H2,1-2H3,(H,22,26)(H,23,27). The average Bonchev–Trinajstić information content (AvgIpc) is 3.06. The minimum absolute atomic E-state index is 0.260. The molecule has 1 aromatic heterocycles. The number of rotatable bonds is 4. The molecular weight excluding hydrogens is 351 g/mol. The van der Waals surface area contributed by atoms with Crippen molar-refractivity contribution >= 4 is 23.3 Å². The number of aliphatic hydroxyl groups excluding tert-OH is 1. The van der Waals surface area contributed by atoms with Gasteiger partial charge in [-0.3, -0.25) is 9.78 Å². The van der Waals surface area contributed by atoms with Crippen molar-refractivity contribution in [2.24, 2.45) is 5.41 Å². The van der Waals surface area contributed by atoms with Gasteiger partial charge < -0.3 is 20.6 Å². The first-order valence-electron chi connectivity index (χ1n) is 8.50. The van der Waals surface area contributed by atoms with Gasteiger partial charge in [0, 0.05) is 17.9 Å². The fourth-order valence-corrected chi connectivity index (χ4v) is 2.59. The SMILES string of the molecule is CC(C)(CO)C(=O)Nc1ccc(NC(=O)N2Cc3cc(F)cnc3C2)cc1. The molecule has 7 nitrogen and oxygen atoms in total. The van der Waals surface area contributed by atoms with Crippen molar-refractivity contribution in [3.63, 3.8) is 0 Å². The lowest BCUT2D eigenvalue weighted by atomic mass is 9.93. The maximum Gasteiger partial charge on any atom is 0.322 e. The maximum atomic E-state index is 13.2. The number of hydrogen-bond donors (Lipinski definition) is 3. The number of benzene rings is 1. The Bertz CT molecular complexity index is 868. The number of nitrogens with one attached hydrogen (secondary N) is 2. The quantitative estimate of drug-likeness (QED) is 0.769. The van der Waals surface area contributed by atoms with Crippen molar-refractivity contribution in [2.75, 3.05) is 17.2 Å². The zero-order valence-electron chi connectivity index (χ0n) is 15.1. The predicted molar refractivity (Wildman–Crippen MR) is 98.4 cm³/mol. The summed E-state index contributed by atoms with van der Waals surface area (Å²) in [7, 11) is 0. The predicted octanol–water partition coefficient (Wildman–Crippen LogP) is 2.73. The molecule has 2 aromatic rings. The minimum atomic E-state index is -0.884. The number of fused-ring (bicyclic) bond motifs is 1. The van der Waals surface area contributed by atoms with Crippen molar-refractivity contribution in [3.05, 3.63) is 53.6 Å². The van der Waals surface area contributed by atoms with Crippen LogP contribution in [0, 0.1) is 11.2 Å². The van der Waals surface area contributed by atoms with E-state index in [1.807, 2.05) is 0 Å². The summed E-state index contributed by atoms with van der Waals surface area (Å²) in [6, 6.07) is 7.74. The van der Waals surface area contributed by atoms with Crippen molar-refractivity contribution in [1.82, 2.24) is 9.88 Å². The molecule has 1 aliphatic heterocycles. The first kappa shape index (κ1) is 18.8. The van der Waals surface area contributed by atoms with Crippen molar-refractivity contribution < 1.29 is 19.1 Å². The number of pyridine rings is 1. The molecule has 3 N–H and O–H groups in total. The summed E-state index contributed by atoms with van der Waals surface area (Å²) in [6.45, 7) is 3.66. The van der Waals surface area contributed by atoms with Gasteiger partial charge in [0.05, 0.1) is 30.5 Å². The van der Waals surface area contributed by atoms with E-state index >= 15 is 0 Å². The number of anilines is 2. The topological polar surface area (TPSA) is 94.6 Å². The molecule has 0 saturated heterocycles. The van der Waals surface area contributed by atoms with Crippen LogP contribution in [0.4, 0.5) is 20.6 Å². The Kier molecular flexibility index (Phi) is 5.09. The Morgan fingerprint density at radius 2 is 1.81 bits per heavy atom. The first-order valence-corrected chi connectivity index (χ1v) is 8.50. The van der Waals surface area contributed by atoms with Crippen LogP contribution in [0.15, 0.2) is 36.5 Å². The maximum absolute atomic E-state index is 13.2. The minimum Gasteiger partial charge on any atom is -0.395 e. The molecule has 3 rings (SSSR count). The molecule has 0 saturated carbocycles. The number of carbonyl (C=O) groups excluding carboxylic acids is 2. The number of halogens is 1. The molecule has 8 heteroatoms. The van der Waals surface area contributed by atoms with Crippen LogP contribution in [0.2, 0.25) is 0 Å². The van der Waals surface area contributed by atoms with Crippen LogP contribution in [0.1, 0.15) is 25.1 Å². The Morgan fingerprint density at radius 1 is 1.19 bits per heavy atom. The van der Waals surface area contributed by atoms with Gasteiger partial charge in [-0.05, 0) is 49.7 Å². The summed E-state index contributed by atoms with van der Waals surface area (Å²) in [5.41, 5.74) is 1.64. The van der Waals surface area contributed by atoms with Gasteiger partial charge in [-0.2, -0.15) is 0 Å². The molecule has 0 bridgehead atoms. The molecule has 0 unspecified atom stereocenters. The van der Waals surface area contributed by atoms with E-state index in [1.165, 1.54) is 11.0 Å².